The summed E-state index contributed by atoms with van der Waals surface area (Å²) >= 11 is 6.36. The molecule has 0 fully saturated rings. The maximum Gasteiger partial charge on any atom is 0.248 e. The largest absolute Gasteiger partial charge is 0.322 e. The van der Waals surface area contributed by atoms with E-state index in [1.165, 1.54) is 18.2 Å². The van der Waals surface area contributed by atoms with Gasteiger partial charge in [-0.05, 0) is 43.5 Å². The quantitative estimate of drug-likeness (QED) is 0.734. The van der Waals surface area contributed by atoms with Crippen molar-refractivity contribution in [2.24, 2.45) is 5.92 Å². The summed E-state index contributed by atoms with van der Waals surface area (Å²) in [6, 6.07) is 4.63. The number of nitrogens with zero attached hydrogens (tertiary/aromatic N) is 2. The number of halogens is 1. The zero-order valence-corrected chi connectivity index (χ0v) is 17.6. The lowest BCUT2D eigenvalue weighted by molar-refractivity contribution is -0.111. The van der Waals surface area contributed by atoms with E-state index < -0.39 is 9.84 Å². The van der Waals surface area contributed by atoms with Crippen LogP contribution in [0.2, 0.25) is 5.15 Å². The number of amides is 1. The van der Waals surface area contributed by atoms with Crippen LogP contribution < -0.4 is 5.32 Å². The zero-order chi connectivity index (χ0) is 20.4. The molecule has 0 atom stereocenters. The fraction of sp³-hybridized carbons (Fsp3) is 0.368. The molecule has 8 heteroatoms. The first-order chi connectivity index (χ1) is 12.5. The molecule has 1 aromatic carbocycles. The highest BCUT2D eigenvalue weighted by atomic mass is 35.5. The van der Waals surface area contributed by atoms with Gasteiger partial charge in [0.2, 0.25) is 5.91 Å². The van der Waals surface area contributed by atoms with E-state index in [1.807, 2.05) is 6.92 Å². The Morgan fingerprint density at radius 3 is 2.59 bits per heavy atom. The van der Waals surface area contributed by atoms with Gasteiger partial charge in [-0.15, -0.1) is 0 Å². The van der Waals surface area contributed by atoms with Crippen LogP contribution in [0.5, 0.6) is 0 Å². The summed E-state index contributed by atoms with van der Waals surface area (Å²) in [6.45, 7) is 8.46. The number of benzene rings is 1. The fourth-order valence-electron chi connectivity index (χ4n) is 2.52. The van der Waals surface area contributed by atoms with Gasteiger partial charge < -0.3 is 5.32 Å². The average Bonchev–Trinajstić information content (AvgIpc) is 2.79. The number of aryl methyl sites for hydroxylation is 2. The second kappa shape index (κ2) is 8.27. The number of rotatable bonds is 6. The molecular formula is C19H24ClN3O3S. The van der Waals surface area contributed by atoms with E-state index in [1.54, 1.807) is 23.7 Å². The Balaban J connectivity index is 2.21. The van der Waals surface area contributed by atoms with Gasteiger partial charge in [0.05, 0.1) is 10.6 Å². The van der Waals surface area contributed by atoms with Gasteiger partial charge in [-0.3, -0.25) is 9.48 Å². The Kier molecular flexibility index (Phi) is 6.49. The van der Waals surface area contributed by atoms with Crippen LogP contribution in [0.3, 0.4) is 0 Å². The number of hydrogen-bond acceptors (Lipinski definition) is 4. The van der Waals surface area contributed by atoms with Crippen LogP contribution in [-0.2, 0) is 21.2 Å². The molecule has 146 valence electrons. The van der Waals surface area contributed by atoms with Gasteiger partial charge in [0.1, 0.15) is 5.15 Å². The van der Waals surface area contributed by atoms with Crippen molar-refractivity contribution >= 4 is 39.1 Å². The first-order valence-electron chi connectivity index (χ1n) is 8.51. The molecule has 1 aromatic heterocycles. The van der Waals surface area contributed by atoms with Gasteiger partial charge in [-0.25, -0.2) is 8.42 Å². The normalized spacial score (nSPS) is 12.1. The fourth-order valence-corrected chi connectivity index (χ4v) is 3.48. The maximum atomic E-state index is 12.3. The van der Waals surface area contributed by atoms with Gasteiger partial charge in [-0.1, -0.05) is 31.5 Å². The first kappa shape index (κ1) is 21.2. The molecule has 0 aliphatic rings. The molecule has 27 heavy (non-hydrogen) atoms. The van der Waals surface area contributed by atoms with Crippen LogP contribution in [-0.4, -0.2) is 30.4 Å². The molecule has 0 radical (unpaired) electrons. The highest BCUT2D eigenvalue weighted by Crippen LogP contribution is 2.23. The van der Waals surface area contributed by atoms with E-state index in [-0.39, 0.29) is 10.8 Å². The Labute approximate surface area is 165 Å². The molecule has 1 heterocycles. The number of hydrogen-bond donors (Lipinski definition) is 1. The molecule has 0 aliphatic carbocycles. The molecule has 6 nitrogen and oxygen atoms in total. The van der Waals surface area contributed by atoms with Gasteiger partial charge in [0.25, 0.3) is 0 Å². The molecule has 2 rings (SSSR count). The molecule has 2 aromatic rings. The minimum Gasteiger partial charge on any atom is -0.322 e. The zero-order valence-electron chi connectivity index (χ0n) is 16.1. The Morgan fingerprint density at radius 1 is 1.33 bits per heavy atom. The van der Waals surface area contributed by atoms with Gasteiger partial charge in [0, 0.05) is 30.1 Å². The number of carbonyl (C=O) groups is 1. The number of sulfone groups is 1. The van der Waals surface area contributed by atoms with Crippen molar-refractivity contribution in [3.63, 3.8) is 0 Å². The van der Waals surface area contributed by atoms with E-state index in [9.17, 15) is 13.2 Å². The van der Waals surface area contributed by atoms with Crippen molar-refractivity contribution in [2.75, 3.05) is 11.6 Å². The topological polar surface area (TPSA) is 81.1 Å². The summed E-state index contributed by atoms with van der Waals surface area (Å²) in [5.41, 5.74) is 2.64. The highest BCUT2D eigenvalue weighted by Gasteiger charge is 2.13. The third kappa shape index (κ3) is 5.43. The minimum atomic E-state index is -3.35. The molecule has 0 saturated carbocycles. The van der Waals surface area contributed by atoms with Crippen LogP contribution in [0.15, 0.2) is 29.2 Å². The van der Waals surface area contributed by atoms with Crippen LogP contribution >= 0.6 is 11.6 Å². The monoisotopic (exact) mass is 409 g/mol. The van der Waals surface area contributed by atoms with Crippen molar-refractivity contribution in [3.8, 4) is 0 Å². The smallest absolute Gasteiger partial charge is 0.248 e. The Bertz CT molecular complexity index is 992. The summed E-state index contributed by atoms with van der Waals surface area (Å²) in [7, 11) is -3.35. The number of carbonyl (C=O) groups excluding carboxylic acids is 1. The lowest BCUT2D eigenvalue weighted by Crippen LogP contribution is -2.10. The summed E-state index contributed by atoms with van der Waals surface area (Å²) in [6.07, 6.45) is 4.11. The molecule has 1 amide bonds. The van der Waals surface area contributed by atoms with Crippen molar-refractivity contribution < 1.29 is 13.2 Å². The van der Waals surface area contributed by atoms with Crippen LogP contribution in [0, 0.1) is 19.8 Å². The third-order valence-electron chi connectivity index (χ3n) is 3.94. The van der Waals surface area contributed by atoms with Crippen molar-refractivity contribution in [1.29, 1.82) is 0 Å². The summed E-state index contributed by atoms with van der Waals surface area (Å²) in [5, 5.41) is 7.60. The van der Waals surface area contributed by atoms with Crippen molar-refractivity contribution in [2.45, 2.75) is 39.1 Å². The van der Waals surface area contributed by atoms with Gasteiger partial charge >= 0.3 is 0 Å². The molecule has 0 saturated heterocycles. The Hall–Kier alpha value is -2.12. The van der Waals surface area contributed by atoms with Crippen molar-refractivity contribution in [3.05, 3.63) is 46.2 Å². The molecule has 1 N–H and O–H groups in total. The van der Waals surface area contributed by atoms with Crippen LogP contribution in [0.1, 0.15) is 30.7 Å². The lowest BCUT2D eigenvalue weighted by atomic mass is 10.2. The van der Waals surface area contributed by atoms with Gasteiger partial charge in [-0.2, -0.15) is 5.10 Å². The molecule has 0 unspecified atom stereocenters. The number of nitrogens with one attached hydrogen (secondary N) is 1. The van der Waals surface area contributed by atoms with Crippen LogP contribution in [0.4, 0.5) is 5.69 Å². The molecule has 0 aliphatic heterocycles. The van der Waals surface area contributed by atoms with E-state index in [0.29, 0.717) is 28.9 Å². The summed E-state index contributed by atoms with van der Waals surface area (Å²) in [4.78, 5) is 12.4. The van der Waals surface area contributed by atoms with E-state index in [0.717, 1.165) is 17.5 Å². The first-order valence-corrected chi connectivity index (χ1v) is 10.8. The molecule has 0 bridgehead atoms. The van der Waals surface area contributed by atoms with E-state index in [2.05, 4.69) is 24.3 Å². The van der Waals surface area contributed by atoms with Gasteiger partial charge in [0.15, 0.2) is 9.84 Å². The SMILES string of the molecule is Cc1ccc(S(C)(=O)=O)cc1NC(=O)/C=C/c1c(C)nn(CC(C)C)c1Cl. The molecule has 0 spiro atoms. The number of anilines is 1. The second-order valence-electron chi connectivity index (χ2n) is 6.94. The predicted molar refractivity (Wildman–Crippen MR) is 109 cm³/mol. The number of aromatic nitrogens is 2. The third-order valence-corrected chi connectivity index (χ3v) is 5.45. The maximum absolute atomic E-state index is 12.3. The minimum absolute atomic E-state index is 0.154. The predicted octanol–water partition coefficient (Wildman–Crippen LogP) is 3.86. The van der Waals surface area contributed by atoms with Crippen molar-refractivity contribution in [1.82, 2.24) is 9.78 Å². The van der Waals surface area contributed by atoms with E-state index in [4.69, 9.17) is 11.6 Å². The summed E-state index contributed by atoms with van der Waals surface area (Å²) < 4.78 is 25.1. The highest BCUT2D eigenvalue weighted by molar-refractivity contribution is 7.90. The van der Waals surface area contributed by atoms with Crippen LogP contribution in [0.25, 0.3) is 6.08 Å². The second-order valence-corrected chi connectivity index (χ2v) is 9.31. The standard InChI is InChI=1S/C19H24ClN3O3S/c1-12(2)11-23-19(20)16(14(4)22-23)8-9-18(24)21-17-10-15(27(5,25)26)7-6-13(17)3/h6-10,12H,11H2,1-5H3,(H,21,24)/b9-8+. The average molecular weight is 410 g/mol. The van der Waals surface area contributed by atoms with E-state index >= 15 is 0 Å². The summed E-state index contributed by atoms with van der Waals surface area (Å²) in [5.74, 6) is 0.0165. The Morgan fingerprint density at radius 2 is 2.00 bits per heavy atom. The molecular weight excluding hydrogens is 386 g/mol. The lowest BCUT2D eigenvalue weighted by Gasteiger charge is -2.08.